The minimum Gasteiger partial charge on any atom is -0.479 e. The fourth-order valence-electron chi connectivity index (χ4n) is 3.07. The molecule has 0 fully saturated rings. The molecule has 0 aliphatic carbocycles. The van der Waals surface area contributed by atoms with E-state index >= 15 is 0 Å². The molecule has 0 spiro atoms. The summed E-state index contributed by atoms with van der Waals surface area (Å²) in [6.45, 7) is -0.223. The number of primary sulfonamides is 1. The maximum Gasteiger partial charge on any atom is 0.312 e. The van der Waals surface area contributed by atoms with Crippen molar-refractivity contribution in [1.29, 1.82) is 0 Å². The second-order valence-corrected chi connectivity index (χ2v) is 7.91. The Bertz CT molecular complexity index is 1490. The quantitative estimate of drug-likeness (QED) is 0.357. The van der Waals surface area contributed by atoms with Gasteiger partial charge in [-0.25, -0.2) is 13.6 Å². The maximum absolute atomic E-state index is 12.5. The van der Waals surface area contributed by atoms with Gasteiger partial charge in [-0.2, -0.15) is 0 Å². The number of para-hydroxylation sites is 1. The van der Waals surface area contributed by atoms with Crippen LogP contribution in [0.1, 0.15) is 5.82 Å². The number of aryl methyl sites for hydroxylation is 1. The Morgan fingerprint density at radius 2 is 1.93 bits per heavy atom. The zero-order chi connectivity index (χ0) is 21.6. The molecular weight excluding hydrogens is 416 g/mol. The summed E-state index contributed by atoms with van der Waals surface area (Å²) in [6.07, 6.45) is 0. The number of aromatic nitrogens is 4. The Kier molecular flexibility index (Phi) is 4.47. The molecule has 0 unspecified atom stereocenters. The van der Waals surface area contributed by atoms with Crippen LogP contribution in [0.5, 0.6) is 5.75 Å². The lowest BCUT2D eigenvalue weighted by Gasteiger charge is -2.09. The average Bonchev–Trinajstić information content (AvgIpc) is 3.14. The van der Waals surface area contributed by atoms with Crippen molar-refractivity contribution in [2.24, 2.45) is 12.2 Å². The number of hydrogen-bond donors (Lipinski definition) is 1. The van der Waals surface area contributed by atoms with Crippen LogP contribution in [0.4, 0.5) is 5.69 Å². The first-order valence-electron chi connectivity index (χ1n) is 8.44. The summed E-state index contributed by atoms with van der Waals surface area (Å²) in [4.78, 5) is 22.7. The highest BCUT2D eigenvalue weighted by atomic mass is 32.2. The van der Waals surface area contributed by atoms with Gasteiger partial charge in [-0.15, -0.1) is 10.2 Å². The van der Waals surface area contributed by atoms with Gasteiger partial charge >= 0.3 is 5.69 Å². The van der Waals surface area contributed by atoms with E-state index in [0.717, 1.165) is 18.2 Å². The van der Waals surface area contributed by atoms with E-state index in [1.54, 1.807) is 35.7 Å². The normalized spacial score (nSPS) is 11.8. The number of nitrogens with two attached hydrogens (primary N) is 1. The summed E-state index contributed by atoms with van der Waals surface area (Å²) in [5.41, 5.74) is -0.252. The molecule has 2 aromatic carbocycles. The number of ether oxygens (including phenoxy) is 1. The molecule has 4 rings (SSSR count). The van der Waals surface area contributed by atoms with Gasteiger partial charge in [0.05, 0.1) is 20.7 Å². The van der Waals surface area contributed by atoms with E-state index in [9.17, 15) is 23.3 Å². The summed E-state index contributed by atoms with van der Waals surface area (Å²) < 4.78 is 31.4. The van der Waals surface area contributed by atoms with Gasteiger partial charge in [0, 0.05) is 13.1 Å². The molecule has 0 saturated carbocycles. The molecule has 0 saturated heterocycles. The maximum atomic E-state index is 12.5. The molecule has 2 aromatic heterocycles. The number of sulfonamides is 1. The van der Waals surface area contributed by atoms with Gasteiger partial charge in [0.2, 0.25) is 15.8 Å². The van der Waals surface area contributed by atoms with Crippen molar-refractivity contribution in [1.82, 2.24) is 19.2 Å². The first kappa shape index (κ1) is 19.5. The van der Waals surface area contributed by atoms with E-state index < -0.39 is 25.5 Å². The van der Waals surface area contributed by atoms with Crippen LogP contribution < -0.4 is 15.4 Å². The summed E-state index contributed by atoms with van der Waals surface area (Å²) in [6, 6.07) is 9.95. The number of rotatable bonds is 5. The SMILES string of the molecule is Cn1c(=O)c2ccccc2n2c(COc3ccc(S(N)(=O)=O)cc3[N+](=O)[O-])nnc12. The highest BCUT2D eigenvalue weighted by Crippen LogP contribution is 2.30. The Morgan fingerprint density at radius 3 is 2.63 bits per heavy atom. The van der Waals surface area contributed by atoms with Gasteiger partial charge in [0.15, 0.2) is 11.6 Å². The van der Waals surface area contributed by atoms with E-state index in [0.29, 0.717) is 16.7 Å². The minimum absolute atomic E-state index is 0.168. The number of benzene rings is 2. The molecule has 13 heteroatoms. The number of nitrogens with zero attached hydrogens (tertiary/aromatic N) is 5. The van der Waals surface area contributed by atoms with Crippen molar-refractivity contribution in [2.75, 3.05) is 0 Å². The van der Waals surface area contributed by atoms with Gasteiger partial charge in [-0.3, -0.25) is 23.9 Å². The molecule has 0 aliphatic rings. The number of hydrogen-bond acceptors (Lipinski definition) is 8. The third-order valence-corrected chi connectivity index (χ3v) is 5.42. The second-order valence-electron chi connectivity index (χ2n) is 6.35. The standard InChI is InChI=1S/C17H14N6O6S/c1-21-16(24)11-4-2-3-5-12(11)22-15(19-20-17(21)22)9-29-14-7-6-10(30(18,27)28)8-13(14)23(25)26/h2-8H,9H2,1H3,(H2,18,27,28). The van der Waals surface area contributed by atoms with Gasteiger partial charge < -0.3 is 4.74 Å². The molecule has 0 amide bonds. The number of nitro benzene ring substituents is 1. The van der Waals surface area contributed by atoms with Crippen LogP contribution in [0, 0.1) is 10.1 Å². The number of fused-ring (bicyclic) bond motifs is 3. The zero-order valence-electron chi connectivity index (χ0n) is 15.4. The summed E-state index contributed by atoms with van der Waals surface area (Å²) in [5, 5.41) is 24.9. The third kappa shape index (κ3) is 3.15. The lowest BCUT2D eigenvalue weighted by Crippen LogP contribution is -2.20. The lowest BCUT2D eigenvalue weighted by atomic mass is 10.2. The van der Waals surface area contributed by atoms with Crippen molar-refractivity contribution in [3.05, 3.63) is 68.8 Å². The van der Waals surface area contributed by atoms with Crippen LogP contribution in [0.3, 0.4) is 0 Å². The van der Waals surface area contributed by atoms with Crippen LogP contribution >= 0.6 is 0 Å². The van der Waals surface area contributed by atoms with Crippen molar-refractivity contribution >= 4 is 32.4 Å². The summed E-state index contributed by atoms with van der Waals surface area (Å²) in [7, 11) is -2.56. The first-order valence-corrected chi connectivity index (χ1v) is 9.99. The Hall–Kier alpha value is -3.84. The van der Waals surface area contributed by atoms with Crippen LogP contribution in [-0.4, -0.2) is 32.5 Å². The van der Waals surface area contributed by atoms with Gasteiger partial charge in [-0.05, 0) is 24.3 Å². The van der Waals surface area contributed by atoms with E-state index in [-0.39, 0.29) is 23.7 Å². The van der Waals surface area contributed by atoms with Crippen molar-refractivity contribution in [2.45, 2.75) is 11.5 Å². The van der Waals surface area contributed by atoms with E-state index in [4.69, 9.17) is 9.88 Å². The molecule has 0 bridgehead atoms. The minimum atomic E-state index is -4.11. The second kappa shape index (κ2) is 6.89. The molecule has 12 nitrogen and oxygen atoms in total. The summed E-state index contributed by atoms with van der Waals surface area (Å²) in [5.74, 6) is 0.399. The molecular formula is C17H14N6O6S. The smallest absolute Gasteiger partial charge is 0.312 e. The van der Waals surface area contributed by atoms with Gasteiger partial charge in [0.1, 0.15) is 6.61 Å². The molecule has 2 N–H and O–H groups in total. The molecule has 2 heterocycles. The van der Waals surface area contributed by atoms with E-state index in [1.807, 2.05) is 0 Å². The van der Waals surface area contributed by atoms with Gasteiger partial charge in [-0.1, -0.05) is 12.1 Å². The van der Waals surface area contributed by atoms with Crippen molar-refractivity contribution in [3.63, 3.8) is 0 Å². The lowest BCUT2D eigenvalue weighted by molar-refractivity contribution is -0.386. The fourth-order valence-corrected chi connectivity index (χ4v) is 3.60. The molecule has 0 atom stereocenters. The molecule has 0 aliphatic heterocycles. The monoisotopic (exact) mass is 430 g/mol. The zero-order valence-corrected chi connectivity index (χ0v) is 16.2. The molecule has 154 valence electrons. The van der Waals surface area contributed by atoms with E-state index in [1.165, 1.54) is 4.57 Å². The van der Waals surface area contributed by atoms with Gasteiger partial charge in [0.25, 0.3) is 5.56 Å². The highest BCUT2D eigenvalue weighted by molar-refractivity contribution is 7.89. The number of nitro groups is 1. The van der Waals surface area contributed by atoms with Crippen molar-refractivity contribution in [3.8, 4) is 5.75 Å². The van der Waals surface area contributed by atoms with Crippen LogP contribution in [0.15, 0.2) is 52.2 Å². The Morgan fingerprint density at radius 1 is 1.20 bits per heavy atom. The fraction of sp³-hybridized carbons (Fsp3) is 0.118. The first-order chi connectivity index (χ1) is 14.2. The largest absolute Gasteiger partial charge is 0.479 e. The van der Waals surface area contributed by atoms with Crippen LogP contribution in [-0.2, 0) is 23.7 Å². The summed E-state index contributed by atoms with van der Waals surface area (Å²) >= 11 is 0. The highest BCUT2D eigenvalue weighted by Gasteiger charge is 2.21. The topological polar surface area (TPSA) is 165 Å². The predicted octanol–water partition coefficient (Wildman–Crippen LogP) is 0.716. The average molecular weight is 430 g/mol. The molecule has 30 heavy (non-hydrogen) atoms. The third-order valence-electron chi connectivity index (χ3n) is 4.51. The van der Waals surface area contributed by atoms with Crippen LogP contribution in [0.25, 0.3) is 16.7 Å². The Labute approximate surface area is 168 Å². The predicted molar refractivity (Wildman–Crippen MR) is 105 cm³/mol. The molecule has 4 aromatic rings. The van der Waals surface area contributed by atoms with E-state index in [2.05, 4.69) is 10.2 Å². The van der Waals surface area contributed by atoms with Crippen molar-refractivity contribution < 1.29 is 18.1 Å². The molecule has 0 radical (unpaired) electrons. The van der Waals surface area contributed by atoms with Crippen LogP contribution in [0.2, 0.25) is 0 Å². The Balaban J connectivity index is 1.78.